The lowest BCUT2D eigenvalue weighted by atomic mass is 10.1. The van der Waals surface area contributed by atoms with Gasteiger partial charge >= 0.3 is 0 Å². The van der Waals surface area contributed by atoms with E-state index in [4.69, 9.17) is 26.4 Å². The number of hydrogen-bond acceptors (Lipinski definition) is 5. The molecule has 0 aromatic heterocycles. The van der Waals surface area contributed by atoms with E-state index in [1.807, 2.05) is 25.1 Å². The van der Waals surface area contributed by atoms with Gasteiger partial charge in [0.15, 0.2) is 16.6 Å². The molecule has 0 unspecified atom stereocenters. The van der Waals surface area contributed by atoms with E-state index >= 15 is 0 Å². The first-order chi connectivity index (χ1) is 11.1. The van der Waals surface area contributed by atoms with Crippen LogP contribution in [0.2, 0.25) is 0 Å². The summed E-state index contributed by atoms with van der Waals surface area (Å²) in [6.07, 6.45) is 2.43. The highest BCUT2D eigenvalue weighted by molar-refractivity contribution is 7.80. The maximum absolute atomic E-state index is 5.53. The zero-order chi connectivity index (χ0) is 16.7. The fourth-order valence-electron chi connectivity index (χ4n) is 2.31. The fourth-order valence-corrected chi connectivity index (χ4v) is 2.44. The quantitative estimate of drug-likeness (QED) is 0.471. The summed E-state index contributed by atoms with van der Waals surface area (Å²) in [5.41, 5.74) is 4.58. The summed E-state index contributed by atoms with van der Waals surface area (Å²) in [6.45, 7) is 3.44. The number of methoxy groups -OCH3 is 2. The smallest absolute Gasteiger partial charge is 0.187 e. The third-order valence-electron chi connectivity index (χ3n) is 3.64. The van der Waals surface area contributed by atoms with E-state index < -0.39 is 0 Å². The molecule has 0 bridgehead atoms. The number of benzene rings is 1. The van der Waals surface area contributed by atoms with Crippen molar-refractivity contribution in [1.82, 2.24) is 10.7 Å². The second kappa shape index (κ2) is 8.69. The van der Waals surface area contributed by atoms with E-state index in [-0.39, 0.29) is 6.10 Å². The lowest BCUT2D eigenvalue weighted by Gasteiger charge is -2.13. The second-order valence-corrected chi connectivity index (χ2v) is 5.63. The highest BCUT2D eigenvalue weighted by Crippen LogP contribution is 2.27. The second-order valence-electron chi connectivity index (χ2n) is 5.22. The molecule has 1 saturated heterocycles. The molecule has 2 N–H and O–H groups in total. The summed E-state index contributed by atoms with van der Waals surface area (Å²) >= 11 is 5.22. The lowest BCUT2D eigenvalue weighted by Crippen LogP contribution is -2.37. The SMILES string of the molecule is COc1ccc(/C(C)=N\NC(=S)NC[C@H]2CCCO2)cc1OC. The molecule has 23 heavy (non-hydrogen) atoms. The Balaban J connectivity index is 1.89. The van der Waals surface area contributed by atoms with Crippen LogP contribution in [-0.2, 0) is 4.74 Å². The molecule has 1 aliphatic heterocycles. The minimum absolute atomic E-state index is 0.241. The van der Waals surface area contributed by atoms with Crippen molar-refractivity contribution in [3.63, 3.8) is 0 Å². The number of ether oxygens (including phenoxy) is 3. The Bertz CT molecular complexity index is 572. The first-order valence-corrected chi connectivity index (χ1v) is 7.97. The minimum atomic E-state index is 0.241. The van der Waals surface area contributed by atoms with E-state index in [0.717, 1.165) is 30.7 Å². The average molecular weight is 337 g/mol. The third-order valence-corrected chi connectivity index (χ3v) is 3.88. The van der Waals surface area contributed by atoms with Gasteiger partial charge in [0.25, 0.3) is 0 Å². The van der Waals surface area contributed by atoms with Crippen LogP contribution >= 0.6 is 12.2 Å². The van der Waals surface area contributed by atoms with Gasteiger partial charge in [0, 0.05) is 18.7 Å². The van der Waals surface area contributed by atoms with Crippen molar-refractivity contribution in [2.24, 2.45) is 5.10 Å². The number of nitrogens with one attached hydrogen (secondary N) is 2. The summed E-state index contributed by atoms with van der Waals surface area (Å²) < 4.78 is 16.1. The Labute approximate surface area is 142 Å². The summed E-state index contributed by atoms with van der Waals surface area (Å²) in [5.74, 6) is 1.35. The maximum Gasteiger partial charge on any atom is 0.187 e. The van der Waals surface area contributed by atoms with E-state index in [1.54, 1.807) is 14.2 Å². The van der Waals surface area contributed by atoms with E-state index in [1.165, 1.54) is 0 Å². The molecule has 0 aliphatic carbocycles. The summed E-state index contributed by atoms with van der Waals surface area (Å²) in [6, 6.07) is 5.65. The number of hydrogen-bond donors (Lipinski definition) is 2. The summed E-state index contributed by atoms with van der Waals surface area (Å²) in [7, 11) is 3.22. The van der Waals surface area contributed by atoms with Crippen molar-refractivity contribution < 1.29 is 14.2 Å². The molecule has 1 aromatic carbocycles. The Morgan fingerprint density at radius 1 is 1.35 bits per heavy atom. The van der Waals surface area contributed by atoms with Crippen LogP contribution in [0.15, 0.2) is 23.3 Å². The molecule has 0 spiro atoms. The van der Waals surface area contributed by atoms with Gasteiger partial charge in [0.2, 0.25) is 0 Å². The molecule has 0 radical (unpaired) electrons. The topological polar surface area (TPSA) is 64.1 Å². The maximum atomic E-state index is 5.53. The standard InChI is InChI=1S/C16H23N3O3S/c1-11(12-6-7-14(20-2)15(9-12)21-3)18-19-16(23)17-10-13-5-4-8-22-13/h6-7,9,13H,4-5,8,10H2,1-3H3,(H2,17,19,23)/b18-11-/t13-/m1/s1. The van der Waals surface area contributed by atoms with Crippen LogP contribution < -0.4 is 20.2 Å². The highest BCUT2D eigenvalue weighted by Gasteiger charge is 2.15. The largest absolute Gasteiger partial charge is 0.493 e. The van der Waals surface area contributed by atoms with Gasteiger partial charge in [-0.2, -0.15) is 5.10 Å². The molecule has 1 aliphatic rings. The normalized spacial score (nSPS) is 17.7. The van der Waals surface area contributed by atoms with Crippen molar-refractivity contribution in [3.8, 4) is 11.5 Å². The minimum Gasteiger partial charge on any atom is -0.493 e. The lowest BCUT2D eigenvalue weighted by molar-refractivity contribution is 0.114. The molecule has 7 heteroatoms. The fraction of sp³-hybridized carbons (Fsp3) is 0.500. The highest BCUT2D eigenvalue weighted by atomic mass is 32.1. The Morgan fingerprint density at radius 3 is 2.78 bits per heavy atom. The van der Waals surface area contributed by atoms with Gasteiger partial charge in [-0.15, -0.1) is 0 Å². The van der Waals surface area contributed by atoms with Gasteiger partial charge in [-0.1, -0.05) is 0 Å². The van der Waals surface area contributed by atoms with E-state index in [0.29, 0.717) is 23.2 Å². The molecule has 1 fully saturated rings. The molecule has 2 rings (SSSR count). The molecular weight excluding hydrogens is 314 g/mol. The Kier molecular flexibility index (Phi) is 6.61. The summed E-state index contributed by atoms with van der Waals surface area (Å²) in [4.78, 5) is 0. The molecule has 1 atom stereocenters. The Hall–Kier alpha value is -1.86. The van der Waals surface area contributed by atoms with Crippen LogP contribution in [0.3, 0.4) is 0 Å². The molecule has 6 nitrogen and oxygen atoms in total. The third kappa shape index (κ3) is 5.07. The van der Waals surface area contributed by atoms with Crippen LogP contribution in [0.25, 0.3) is 0 Å². The average Bonchev–Trinajstić information content (AvgIpc) is 3.10. The van der Waals surface area contributed by atoms with Crippen molar-refractivity contribution in [3.05, 3.63) is 23.8 Å². The van der Waals surface area contributed by atoms with Crippen molar-refractivity contribution in [2.45, 2.75) is 25.9 Å². The van der Waals surface area contributed by atoms with Crippen molar-refractivity contribution >= 4 is 23.0 Å². The van der Waals surface area contributed by atoms with Crippen LogP contribution in [0.5, 0.6) is 11.5 Å². The first kappa shape index (κ1) is 17.5. The molecule has 0 saturated carbocycles. The zero-order valence-electron chi connectivity index (χ0n) is 13.7. The molecule has 126 valence electrons. The molecule has 1 heterocycles. The van der Waals surface area contributed by atoms with E-state index in [9.17, 15) is 0 Å². The van der Waals surface area contributed by atoms with Crippen LogP contribution in [0.1, 0.15) is 25.3 Å². The van der Waals surface area contributed by atoms with Gasteiger partial charge in [-0.05, 0) is 50.2 Å². The van der Waals surface area contributed by atoms with Crippen LogP contribution in [0.4, 0.5) is 0 Å². The number of nitrogens with zero attached hydrogens (tertiary/aromatic N) is 1. The predicted octanol–water partition coefficient (Wildman–Crippen LogP) is 2.07. The van der Waals surface area contributed by atoms with Crippen LogP contribution in [0, 0.1) is 0 Å². The van der Waals surface area contributed by atoms with Gasteiger partial charge in [0.05, 0.1) is 26.0 Å². The monoisotopic (exact) mass is 337 g/mol. The number of rotatable bonds is 6. The molecular formula is C16H23N3O3S. The van der Waals surface area contributed by atoms with Gasteiger partial charge in [-0.3, -0.25) is 5.43 Å². The number of hydrazone groups is 1. The summed E-state index contributed by atoms with van der Waals surface area (Å²) in [5, 5.41) is 7.90. The predicted molar refractivity (Wildman–Crippen MR) is 94.5 cm³/mol. The van der Waals surface area contributed by atoms with Crippen molar-refractivity contribution in [2.75, 3.05) is 27.4 Å². The molecule has 1 aromatic rings. The van der Waals surface area contributed by atoms with E-state index in [2.05, 4.69) is 15.8 Å². The van der Waals surface area contributed by atoms with Gasteiger partial charge < -0.3 is 19.5 Å². The van der Waals surface area contributed by atoms with Crippen molar-refractivity contribution in [1.29, 1.82) is 0 Å². The zero-order valence-corrected chi connectivity index (χ0v) is 14.5. The number of thiocarbonyl (C=S) groups is 1. The van der Waals surface area contributed by atoms with Gasteiger partial charge in [-0.25, -0.2) is 0 Å². The van der Waals surface area contributed by atoms with Crippen LogP contribution in [-0.4, -0.2) is 44.3 Å². The molecule has 0 amide bonds. The Morgan fingerprint density at radius 2 is 2.13 bits per heavy atom. The first-order valence-electron chi connectivity index (χ1n) is 7.56. The van der Waals surface area contributed by atoms with Gasteiger partial charge in [0.1, 0.15) is 0 Å².